The average molecular weight is 329 g/mol. The van der Waals surface area contributed by atoms with Crippen LogP contribution in [0, 0.1) is 20.8 Å². The van der Waals surface area contributed by atoms with Gasteiger partial charge in [-0.3, -0.25) is 4.79 Å². The Morgan fingerprint density at radius 2 is 2.13 bits per heavy atom. The summed E-state index contributed by atoms with van der Waals surface area (Å²) < 4.78 is 0. The summed E-state index contributed by atoms with van der Waals surface area (Å²) in [6.07, 6.45) is 1.98. The van der Waals surface area contributed by atoms with E-state index in [2.05, 4.69) is 37.0 Å². The van der Waals surface area contributed by atoms with E-state index in [4.69, 9.17) is 5.73 Å². The van der Waals surface area contributed by atoms with E-state index in [-0.39, 0.29) is 11.9 Å². The van der Waals surface area contributed by atoms with Crippen molar-refractivity contribution in [2.24, 2.45) is 5.73 Å². The first kappa shape index (κ1) is 16.1. The Bertz CT molecular complexity index is 738. The Morgan fingerprint density at radius 1 is 1.35 bits per heavy atom. The molecule has 122 valence electrons. The van der Waals surface area contributed by atoms with Gasteiger partial charge >= 0.3 is 0 Å². The third kappa shape index (κ3) is 3.31. The maximum atomic E-state index is 12.8. The van der Waals surface area contributed by atoms with Crippen molar-refractivity contribution in [3.63, 3.8) is 0 Å². The highest BCUT2D eigenvalue weighted by Gasteiger charge is 2.26. The van der Waals surface area contributed by atoms with Crippen molar-refractivity contribution in [1.29, 1.82) is 0 Å². The lowest BCUT2D eigenvalue weighted by Crippen LogP contribution is -2.45. The first-order chi connectivity index (χ1) is 11.0. The summed E-state index contributed by atoms with van der Waals surface area (Å²) in [6, 6.07) is 6.43. The molecule has 1 atom stereocenters. The summed E-state index contributed by atoms with van der Waals surface area (Å²) in [5.41, 5.74) is 10.4. The second-order valence-electron chi connectivity index (χ2n) is 6.41. The van der Waals surface area contributed by atoms with Crippen LogP contribution in [0.4, 0.5) is 0 Å². The van der Waals surface area contributed by atoms with E-state index in [1.807, 2.05) is 11.8 Å². The van der Waals surface area contributed by atoms with Crippen LogP contribution in [-0.2, 0) is 0 Å². The van der Waals surface area contributed by atoms with Crippen LogP contribution in [0.3, 0.4) is 0 Å². The van der Waals surface area contributed by atoms with Gasteiger partial charge in [0.1, 0.15) is 9.88 Å². The Hall–Kier alpha value is -1.72. The number of rotatable bonds is 2. The number of aryl methyl sites for hydroxylation is 3. The quantitative estimate of drug-likeness (QED) is 0.919. The van der Waals surface area contributed by atoms with Crippen LogP contribution in [0.15, 0.2) is 18.2 Å². The number of nitrogens with zero attached hydrogens (tertiary/aromatic N) is 2. The summed E-state index contributed by atoms with van der Waals surface area (Å²) in [6.45, 7) is 7.53. The minimum absolute atomic E-state index is 0.0752. The first-order valence-corrected chi connectivity index (χ1v) is 8.87. The second-order valence-corrected chi connectivity index (χ2v) is 7.40. The topological polar surface area (TPSA) is 59.2 Å². The van der Waals surface area contributed by atoms with E-state index in [0.717, 1.165) is 40.5 Å². The van der Waals surface area contributed by atoms with Crippen LogP contribution >= 0.6 is 11.3 Å². The minimum atomic E-state index is 0.0752. The number of carbonyl (C=O) groups is 1. The molecule has 1 aliphatic rings. The molecule has 0 bridgehead atoms. The highest BCUT2D eigenvalue weighted by molar-refractivity contribution is 7.17. The Balaban J connectivity index is 1.90. The van der Waals surface area contributed by atoms with Crippen LogP contribution in [0.25, 0.3) is 10.6 Å². The lowest BCUT2D eigenvalue weighted by atomic mass is 10.1. The molecule has 2 aromatic rings. The number of nitrogens with two attached hydrogens (primary N) is 1. The number of thiazole rings is 1. The number of benzene rings is 1. The van der Waals surface area contributed by atoms with Crippen LogP contribution < -0.4 is 5.73 Å². The highest BCUT2D eigenvalue weighted by atomic mass is 32.1. The lowest BCUT2D eigenvalue weighted by Gasteiger charge is -2.30. The fourth-order valence-electron chi connectivity index (χ4n) is 3.10. The Labute approximate surface area is 141 Å². The number of aromatic nitrogens is 1. The van der Waals surface area contributed by atoms with Crippen LogP contribution in [0.5, 0.6) is 0 Å². The summed E-state index contributed by atoms with van der Waals surface area (Å²) >= 11 is 1.49. The van der Waals surface area contributed by atoms with Crippen molar-refractivity contribution in [3.8, 4) is 10.6 Å². The van der Waals surface area contributed by atoms with Gasteiger partial charge in [0.2, 0.25) is 0 Å². The summed E-state index contributed by atoms with van der Waals surface area (Å²) in [4.78, 5) is 20.1. The standard InChI is InChI=1S/C18H23N3OS/c1-11-6-7-15(12(2)9-11)17-20-13(3)16(23-17)18(22)21-8-4-5-14(19)10-21/h6-7,9,14H,4-5,8,10,19H2,1-3H3/t14-/m0/s1. The maximum Gasteiger partial charge on any atom is 0.265 e. The summed E-state index contributed by atoms with van der Waals surface area (Å²) in [7, 11) is 0. The van der Waals surface area contributed by atoms with E-state index in [1.165, 1.54) is 22.5 Å². The number of likely N-dealkylation sites (tertiary alicyclic amines) is 1. The van der Waals surface area contributed by atoms with Crippen LogP contribution in [-0.4, -0.2) is 34.9 Å². The van der Waals surface area contributed by atoms with Gasteiger partial charge in [-0.15, -0.1) is 11.3 Å². The molecule has 0 saturated carbocycles. The molecule has 0 radical (unpaired) electrons. The number of hydrogen-bond acceptors (Lipinski definition) is 4. The van der Waals surface area contributed by atoms with E-state index in [9.17, 15) is 4.79 Å². The molecule has 1 saturated heterocycles. The highest BCUT2D eigenvalue weighted by Crippen LogP contribution is 2.31. The molecular weight excluding hydrogens is 306 g/mol. The molecule has 1 amide bonds. The van der Waals surface area contributed by atoms with Gasteiger partial charge in [0, 0.05) is 24.7 Å². The third-order valence-corrected chi connectivity index (χ3v) is 5.53. The SMILES string of the molecule is Cc1ccc(-c2nc(C)c(C(=O)N3CCC[C@H](N)C3)s2)c(C)c1. The molecule has 5 heteroatoms. The average Bonchev–Trinajstić information content (AvgIpc) is 2.88. The molecular formula is C18H23N3OS. The number of amides is 1. The van der Waals surface area contributed by atoms with Gasteiger partial charge in [0.25, 0.3) is 5.91 Å². The van der Waals surface area contributed by atoms with Crippen molar-refractivity contribution in [2.45, 2.75) is 39.7 Å². The first-order valence-electron chi connectivity index (χ1n) is 8.05. The molecule has 2 N–H and O–H groups in total. The van der Waals surface area contributed by atoms with E-state index >= 15 is 0 Å². The summed E-state index contributed by atoms with van der Waals surface area (Å²) in [5.74, 6) is 0.0752. The smallest absolute Gasteiger partial charge is 0.265 e. The Kier molecular flexibility index (Phi) is 4.50. The third-order valence-electron chi connectivity index (χ3n) is 4.35. The zero-order chi connectivity index (χ0) is 16.6. The molecule has 2 heterocycles. The summed E-state index contributed by atoms with van der Waals surface area (Å²) in [5, 5.41) is 0.921. The lowest BCUT2D eigenvalue weighted by molar-refractivity contribution is 0.0713. The number of carbonyl (C=O) groups excluding carboxylic acids is 1. The van der Waals surface area contributed by atoms with Crippen molar-refractivity contribution in [3.05, 3.63) is 39.9 Å². The van der Waals surface area contributed by atoms with Crippen molar-refractivity contribution in [2.75, 3.05) is 13.1 Å². The van der Waals surface area contributed by atoms with Crippen molar-refractivity contribution in [1.82, 2.24) is 9.88 Å². The monoisotopic (exact) mass is 329 g/mol. The van der Waals surface area contributed by atoms with Gasteiger partial charge in [-0.25, -0.2) is 4.98 Å². The molecule has 3 rings (SSSR count). The van der Waals surface area contributed by atoms with Gasteiger partial charge in [0.15, 0.2) is 0 Å². The van der Waals surface area contributed by atoms with Gasteiger partial charge < -0.3 is 10.6 Å². The molecule has 23 heavy (non-hydrogen) atoms. The van der Waals surface area contributed by atoms with Crippen molar-refractivity contribution >= 4 is 17.2 Å². The fourth-order valence-corrected chi connectivity index (χ4v) is 4.23. The molecule has 1 aromatic heterocycles. The normalized spacial score (nSPS) is 18.3. The van der Waals surface area contributed by atoms with Gasteiger partial charge in [-0.2, -0.15) is 0 Å². The molecule has 0 unspecified atom stereocenters. The van der Waals surface area contributed by atoms with Gasteiger partial charge in [-0.05, 0) is 39.2 Å². The number of hydrogen-bond donors (Lipinski definition) is 1. The number of piperidine rings is 1. The van der Waals surface area contributed by atoms with Crippen LogP contribution in [0.2, 0.25) is 0 Å². The molecule has 0 spiro atoms. The van der Waals surface area contributed by atoms with Crippen molar-refractivity contribution < 1.29 is 4.79 Å². The fraction of sp³-hybridized carbons (Fsp3) is 0.444. The largest absolute Gasteiger partial charge is 0.336 e. The minimum Gasteiger partial charge on any atom is -0.336 e. The molecule has 1 aliphatic heterocycles. The maximum absolute atomic E-state index is 12.8. The zero-order valence-electron chi connectivity index (χ0n) is 13.9. The van der Waals surface area contributed by atoms with E-state index in [0.29, 0.717) is 6.54 Å². The molecule has 1 aromatic carbocycles. The van der Waals surface area contributed by atoms with Gasteiger partial charge in [0.05, 0.1) is 5.69 Å². The molecule has 0 aliphatic carbocycles. The van der Waals surface area contributed by atoms with E-state index < -0.39 is 0 Å². The zero-order valence-corrected chi connectivity index (χ0v) is 14.7. The predicted molar refractivity (Wildman–Crippen MR) is 94.9 cm³/mol. The van der Waals surface area contributed by atoms with Gasteiger partial charge in [-0.1, -0.05) is 23.8 Å². The predicted octanol–water partition coefficient (Wildman–Crippen LogP) is 3.30. The Morgan fingerprint density at radius 3 is 2.83 bits per heavy atom. The molecule has 4 nitrogen and oxygen atoms in total. The van der Waals surface area contributed by atoms with Crippen LogP contribution in [0.1, 0.15) is 39.3 Å². The molecule has 1 fully saturated rings. The second kappa shape index (κ2) is 6.42. The van der Waals surface area contributed by atoms with E-state index in [1.54, 1.807) is 0 Å².